The zero-order chi connectivity index (χ0) is 20.2. The lowest BCUT2D eigenvalue weighted by molar-refractivity contribution is -0.130. The van der Waals surface area contributed by atoms with Crippen LogP contribution in [-0.4, -0.2) is 60.0 Å². The standard InChI is InChI=1S/C24H31N3O2/c1-18(28)26-15-12-21(13-16-26)27-14-4-5-20(17-27)24-7-3-6-23(25-24)19-8-10-22(29-2)11-9-19/h3,6-11,20-21H,4-5,12-17H2,1-2H3/t20-/m0/s1. The summed E-state index contributed by atoms with van der Waals surface area (Å²) in [6.07, 6.45) is 4.59. The van der Waals surface area contributed by atoms with Gasteiger partial charge in [-0.1, -0.05) is 6.07 Å². The van der Waals surface area contributed by atoms with E-state index < -0.39 is 0 Å². The minimum atomic E-state index is 0.208. The van der Waals surface area contributed by atoms with Crippen molar-refractivity contribution in [3.05, 3.63) is 48.2 Å². The van der Waals surface area contributed by atoms with Gasteiger partial charge in [-0.25, -0.2) is 0 Å². The second kappa shape index (κ2) is 8.95. The molecule has 2 saturated heterocycles. The van der Waals surface area contributed by atoms with Crippen molar-refractivity contribution in [1.82, 2.24) is 14.8 Å². The Morgan fingerprint density at radius 1 is 1.03 bits per heavy atom. The Hall–Kier alpha value is -2.40. The highest BCUT2D eigenvalue weighted by Crippen LogP contribution is 2.31. The third-order valence-corrected chi connectivity index (χ3v) is 6.45. The molecule has 0 spiro atoms. The number of hydrogen-bond acceptors (Lipinski definition) is 4. The van der Waals surface area contributed by atoms with E-state index in [-0.39, 0.29) is 5.91 Å². The number of carbonyl (C=O) groups excluding carboxylic acids is 1. The smallest absolute Gasteiger partial charge is 0.219 e. The van der Waals surface area contributed by atoms with Gasteiger partial charge in [-0.2, -0.15) is 0 Å². The molecule has 2 aromatic rings. The molecule has 0 radical (unpaired) electrons. The lowest BCUT2D eigenvalue weighted by atomic mass is 9.91. The van der Waals surface area contributed by atoms with E-state index in [0.717, 1.165) is 49.5 Å². The zero-order valence-corrected chi connectivity index (χ0v) is 17.5. The molecule has 0 unspecified atom stereocenters. The van der Waals surface area contributed by atoms with E-state index in [2.05, 4.69) is 35.2 Å². The highest BCUT2D eigenvalue weighted by atomic mass is 16.5. The van der Waals surface area contributed by atoms with Gasteiger partial charge < -0.3 is 9.64 Å². The number of ether oxygens (including phenoxy) is 1. The Morgan fingerprint density at radius 3 is 2.48 bits per heavy atom. The molecule has 4 rings (SSSR count). The summed E-state index contributed by atoms with van der Waals surface area (Å²) in [6, 6.07) is 15.1. The molecule has 1 aromatic carbocycles. The van der Waals surface area contributed by atoms with Gasteiger partial charge in [-0.15, -0.1) is 0 Å². The first kappa shape index (κ1) is 19.9. The van der Waals surface area contributed by atoms with Gasteiger partial charge in [0.05, 0.1) is 12.8 Å². The number of rotatable bonds is 4. The van der Waals surface area contributed by atoms with Crippen molar-refractivity contribution in [3.8, 4) is 17.0 Å². The van der Waals surface area contributed by atoms with Gasteiger partial charge in [0.1, 0.15) is 5.75 Å². The second-order valence-electron chi connectivity index (χ2n) is 8.25. The summed E-state index contributed by atoms with van der Waals surface area (Å²) in [5.74, 6) is 1.55. The third-order valence-electron chi connectivity index (χ3n) is 6.45. The number of pyridine rings is 1. The summed E-state index contributed by atoms with van der Waals surface area (Å²) in [7, 11) is 1.69. The van der Waals surface area contributed by atoms with Crippen molar-refractivity contribution >= 4 is 5.91 Å². The van der Waals surface area contributed by atoms with E-state index in [1.54, 1.807) is 14.0 Å². The molecule has 1 amide bonds. The van der Waals surface area contributed by atoms with Gasteiger partial charge in [-0.3, -0.25) is 14.7 Å². The minimum Gasteiger partial charge on any atom is -0.497 e. The normalized spacial score (nSPS) is 21.2. The summed E-state index contributed by atoms with van der Waals surface area (Å²) < 4.78 is 5.27. The van der Waals surface area contributed by atoms with Crippen molar-refractivity contribution in [2.24, 2.45) is 0 Å². The minimum absolute atomic E-state index is 0.208. The summed E-state index contributed by atoms with van der Waals surface area (Å²) >= 11 is 0. The van der Waals surface area contributed by atoms with Crippen LogP contribution in [0.5, 0.6) is 5.75 Å². The fourth-order valence-electron chi connectivity index (χ4n) is 4.73. The maximum Gasteiger partial charge on any atom is 0.219 e. The number of likely N-dealkylation sites (tertiary alicyclic amines) is 2. The van der Waals surface area contributed by atoms with Crippen LogP contribution < -0.4 is 4.74 Å². The number of nitrogens with zero attached hydrogens (tertiary/aromatic N) is 3. The Balaban J connectivity index is 1.44. The molecule has 5 nitrogen and oxygen atoms in total. The van der Waals surface area contributed by atoms with Gasteiger partial charge in [-0.05, 0) is 68.6 Å². The van der Waals surface area contributed by atoms with E-state index in [1.807, 2.05) is 17.0 Å². The molecule has 2 aliphatic heterocycles. The summed E-state index contributed by atoms with van der Waals surface area (Å²) in [4.78, 5) is 21.2. The average molecular weight is 394 g/mol. The lowest BCUT2D eigenvalue weighted by Gasteiger charge is -2.42. The van der Waals surface area contributed by atoms with E-state index >= 15 is 0 Å². The molecular formula is C24H31N3O2. The lowest BCUT2D eigenvalue weighted by Crippen LogP contribution is -2.49. The Bertz CT molecular complexity index is 828. The van der Waals surface area contributed by atoms with Gasteiger partial charge in [0.25, 0.3) is 0 Å². The van der Waals surface area contributed by atoms with Crippen molar-refractivity contribution in [2.45, 2.75) is 44.6 Å². The average Bonchev–Trinajstić information content (AvgIpc) is 2.79. The zero-order valence-electron chi connectivity index (χ0n) is 17.5. The molecule has 1 atom stereocenters. The molecule has 3 heterocycles. The van der Waals surface area contributed by atoms with E-state index in [1.165, 1.54) is 25.1 Å². The molecule has 0 aliphatic carbocycles. The number of benzene rings is 1. The number of amides is 1. The molecule has 2 aliphatic rings. The summed E-state index contributed by atoms with van der Waals surface area (Å²) in [5, 5.41) is 0. The maximum atomic E-state index is 11.6. The van der Waals surface area contributed by atoms with Gasteiger partial charge >= 0.3 is 0 Å². The largest absolute Gasteiger partial charge is 0.497 e. The molecule has 29 heavy (non-hydrogen) atoms. The molecule has 0 saturated carbocycles. The van der Waals surface area contributed by atoms with Crippen LogP contribution in [0.4, 0.5) is 0 Å². The van der Waals surface area contributed by atoms with Crippen LogP contribution in [0.15, 0.2) is 42.5 Å². The van der Waals surface area contributed by atoms with Crippen LogP contribution in [0, 0.1) is 0 Å². The third kappa shape index (κ3) is 4.61. The Kier molecular flexibility index (Phi) is 6.14. The Labute approximate surface area is 173 Å². The fourth-order valence-corrected chi connectivity index (χ4v) is 4.73. The second-order valence-corrected chi connectivity index (χ2v) is 8.25. The highest BCUT2D eigenvalue weighted by molar-refractivity contribution is 5.73. The van der Waals surface area contributed by atoms with Gasteiger partial charge in [0, 0.05) is 49.8 Å². The SMILES string of the molecule is COc1ccc(-c2cccc([C@H]3CCCN(C4CCN(C(C)=O)CC4)C3)n2)cc1. The molecule has 0 bridgehead atoms. The molecule has 1 aromatic heterocycles. The predicted octanol–water partition coefficient (Wildman–Crippen LogP) is 3.95. The number of hydrogen-bond donors (Lipinski definition) is 0. The van der Waals surface area contributed by atoms with Crippen LogP contribution in [0.1, 0.15) is 44.2 Å². The van der Waals surface area contributed by atoms with Gasteiger partial charge in [0.15, 0.2) is 0 Å². The molecular weight excluding hydrogens is 362 g/mol. The molecule has 2 fully saturated rings. The first-order valence-electron chi connectivity index (χ1n) is 10.7. The van der Waals surface area contributed by atoms with Crippen molar-refractivity contribution in [2.75, 3.05) is 33.3 Å². The molecule has 5 heteroatoms. The van der Waals surface area contributed by atoms with Gasteiger partial charge in [0.2, 0.25) is 5.91 Å². The van der Waals surface area contributed by atoms with Crippen molar-refractivity contribution in [1.29, 1.82) is 0 Å². The predicted molar refractivity (Wildman–Crippen MR) is 115 cm³/mol. The highest BCUT2D eigenvalue weighted by Gasteiger charge is 2.30. The first-order valence-corrected chi connectivity index (χ1v) is 10.7. The van der Waals surface area contributed by atoms with Crippen LogP contribution in [-0.2, 0) is 4.79 Å². The molecule has 154 valence electrons. The van der Waals surface area contributed by atoms with Crippen molar-refractivity contribution < 1.29 is 9.53 Å². The quantitative estimate of drug-likeness (QED) is 0.789. The van der Waals surface area contributed by atoms with E-state index in [4.69, 9.17) is 9.72 Å². The molecule has 0 N–H and O–H groups in total. The maximum absolute atomic E-state index is 11.6. The topological polar surface area (TPSA) is 45.7 Å². The van der Waals surface area contributed by atoms with E-state index in [9.17, 15) is 4.79 Å². The first-order chi connectivity index (χ1) is 14.1. The van der Waals surface area contributed by atoms with Crippen molar-refractivity contribution in [3.63, 3.8) is 0 Å². The van der Waals surface area contributed by atoms with Crippen LogP contribution in [0.3, 0.4) is 0 Å². The Morgan fingerprint density at radius 2 is 1.79 bits per heavy atom. The summed E-state index contributed by atoms with van der Waals surface area (Å²) in [5.41, 5.74) is 3.35. The fraction of sp³-hybridized carbons (Fsp3) is 0.500. The number of piperidine rings is 2. The van der Waals surface area contributed by atoms with E-state index in [0.29, 0.717) is 12.0 Å². The van der Waals surface area contributed by atoms with Crippen LogP contribution >= 0.6 is 0 Å². The summed E-state index contributed by atoms with van der Waals surface area (Å²) in [6.45, 7) is 5.71. The van der Waals surface area contributed by atoms with Crippen LogP contribution in [0.2, 0.25) is 0 Å². The number of aromatic nitrogens is 1. The number of carbonyl (C=O) groups is 1. The van der Waals surface area contributed by atoms with Crippen LogP contribution in [0.25, 0.3) is 11.3 Å². The monoisotopic (exact) mass is 393 g/mol. The number of methoxy groups -OCH3 is 1.